The maximum atomic E-state index is 13.3. The topological polar surface area (TPSA) is 160 Å². The van der Waals surface area contributed by atoms with Crippen molar-refractivity contribution in [3.05, 3.63) is 35.9 Å². The highest BCUT2D eigenvalue weighted by atomic mass is 33.1. The molecule has 1 rings (SSSR count). The molecule has 0 fully saturated rings. The summed E-state index contributed by atoms with van der Waals surface area (Å²) in [5.74, 6) is -1.13. The summed E-state index contributed by atoms with van der Waals surface area (Å²) in [6.45, 7) is 7.91. The maximum absolute atomic E-state index is 13.3. The molecule has 0 aliphatic heterocycles. The van der Waals surface area contributed by atoms with Crippen LogP contribution in [0.4, 0.5) is 9.59 Å². The summed E-state index contributed by atoms with van der Waals surface area (Å²) in [6.07, 6.45) is 1.03. The fraction of sp³-hybridized carbons (Fsp3) is 0.630. The molecule has 1 amide bonds. The van der Waals surface area contributed by atoms with E-state index in [2.05, 4.69) is 10.1 Å². The number of nitrogens with two attached hydrogens (primary N) is 1. The molecule has 11 nitrogen and oxygen atoms in total. The Morgan fingerprint density at radius 2 is 1.76 bits per heavy atom. The molecule has 1 aromatic carbocycles. The predicted octanol–water partition coefficient (Wildman–Crippen LogP) is 3.67. The third-order valence-electron chi connectivity index (χ3n) is 5.07. The highest BCUT2D eigenvalue weighted by molar-refractivity contribution is 8.79. The number of benzene rings is 1. The van der Waals surface area contributed by atoms with Crippen LogP contribution >= 0.6 is 10.8 Å². The molecule has 0 heterocycles. The minimum atomic E-state index is -1.21. The van der Waals surface area contributed by atoms with E-state index in [1.165, 1.54) is 17.7 Å². The highest BCUT2D eigenvalue weighted by Gasteiger charge is 2.41. The maximum Gasteiger partial charge on any atom is 0.539 e. The van der Waals surface area contributed by atoms with Gasteiger partial charge in [0.05, 0.1) is 12.5 Å². The van der Waals surface area contributed by atoms with Gasteiger partial charge in [0.1, 0.15) is 34.1 Å². The van der Waals surface area contributed by atoms with Gasteiger partial charge in [-0.05, 0) is 52.5 Å². The lowest BCUT2D eigenvalue weighted by Crippen LogP contribution is -2.44. The Morgan fingerprint density at radius 3 is 2.34 bits per heavy atom. The lowest BCUT2D eigenvalue weighted by molar-refractivity contribution is -0.167. The Balaban J connectivity index is 2.97. The SMILES string of the molecule is CCOC(=O)OC(C)OC(=O)CNC(=O)C(Cc1ccccc1)C(N)S[S+](CCCCS(C)=O)C(=O)OC(C)(C)C. The van der Waals surface area contributed by atoms with Crippen molar-refractivity contribution in [1.82, 2.24) is 5.32 Å². The van der Waals surface area contributed by atoms with Crippen LogP contribution in [-0.2, 0) is 55.7 Å². The summed E-state index contributed by atoms with van der Waals surface area (Å²) >= 11 is 0. The molecule has 0 spiro atoms. The number of ether oxygens (including phenoxy) is 4. The van der Waals surface area contributed by atoms with Gasteiger partial charge in [0.15, 0.2) is 9.93 Å². The Labute approximate surface area is 251 Å². The van der Waals surface area contributed by atoms with Crippen molar-refractivity contribution in [3.63, 3.8) is 0 Å². The molecule has 0 radical (unpaired) electrons. The van der Waals surface area contributed by atoms with Gasteiger partial charge in [-0.3, -0.25) is 13.8 Å². The summed E-state index contributed by atoms with van der Waals surface area (Å²) in [4.78, 5) is 50.0. The van der Waals surface area contributed by atoms with E-state index < -0.39 is 73.8 Å². The zero-order chi connectivity index (χ0) is 31.0. The standard InChI is InChI=1S/C27H42N2O9S3/c1-7-35-25(32)37-19(2)36-22(30)18-29-24(31)21(17-20-13-9-8-10-14-20)23(28)39-41(16-12-11-15-40(6)34)26(33)38-27(3,4)5/h8-10,13-14,19,21,23H,7,11-12,15-18,28H2,1-6H3/p+1. The van der Waals surface area contributed by atoms with E-state index >= 15 is 0 Å². The Kier molecular flexibility index (Phi) is 17.0. The largest absolute Gasteiger partial charge is 0.539 e. The van der Waals surface area contributed by atoms with Gasteiger partial charge in [0.2, 0.25) is 12.2 Å². The number of unbranched alkanes of at least 4 members (excludes halogenated alkanes) is 1. The van der Waals surface area contributed by atoms with Crippen molar-refractivity contribution in [2.24, 2.45) is 11.7 Å². The van der Waals surface area contributed by atoms with Gasteiger partial charge in [-0.1, -0.05) is 30.3 Å². The first kappa shape index (κ1) is 36.7. The van der Waals surface area contributed by atoms with Crippen molar-refractivity contribution < 1.29 is 42.3 Å². The first-order chi connectivity index (χ1) is 19.2. The first-order valence-electron chi connectivity index (χ1n) is 13.2. The number of nitrogens with one attached hydrogen (secondary N) is 1. The lowest BCUT2D eigenvalue weighted by atomic mass is 9.98. The van der Waals surface area contributed by atoms with Crippen LogP contribution in [0, 0.1) is 5.92 Å². The molecule has 232 valence electrons. The second-order valence-corrected chi connectivity index (χ2v) is 15.4. The first-order valence-corrected chi connectivity index (χ1v) is 17.7. The van der Waals surface area contributed by atoms with Crippen LogP contribution in [0.3, 0.4) is 0 Å². The second kappa shape index (κ2) is 19.0. The summed E-state index contributed by atoms with van der Waals surface area (Å²) < 4.78 is 31.5. The van der Waals surface area contributed by atoms with Crippen molar-refractivity contribution in [2.75, 3.05) is 30.9 Å². The minimum Gasteiger partial charge on any atom is -0.435 e. The molecule has 5 atom stereocenters. The van der Waals surface area contributed by atoms with E-state index in [0.717, 1.165) is 5.56 Å². The van der Waals surface area contributed by atoms with Crippen LogP contribution in [-0.4, -0.2) is 75.7 Å². The van der Waals surface area contributed by atoms with E-state index in [9.17, 15) is 23.4 Å². The number of carbonyl (C=O) groups is 4. The van der Waals surface area contributed by atoms with Crippen LogP contribution < -0.4 is 11.1 Å². The normalized spacial score (nSPS) is 15.0. The van der Waals surface area contributed by atoms with E-state index in [-0.39, 0.29) is 13.0 Å². The quantitative estimate of drug-likeness (QED) is 0.0681. The second-order valence-electron chi connectivity index (χ2n) is 9.93. The zero-order valence-electron chi connectivity index (χ0n) is 24.5. The fourth-order valence-corrected chi connectivity index (χ4v) is 7.83. The molecule has 14 heteroatoms. The molecule has 0 saturated heterocycles. The van der Waals surface area contributed by atoms with Crippen LogP contribution in [0.5, 0.6) is 0 Å². The number of esters is 1. The monoisotopic (exact) mass is 635 g/mol. The van der Waals surface area contributed by atoms with Crippen molar-refractivity contribution in [3.8, 4) is 0 Å². The number of carbonyl (C=O) groups excluding carboxylic acids is 4. The average molecular weight is 636 g/mol. The third kappa shape index (κ3) is 16.7. The molecule has 1 aromatic rings. The highest BCUT2D eigenvalue weighted by Crippen LogP contribution is 2.30. The molecule has 0 aliphatic carbocycles. The smallest absolute Gasteiger partial charge is 0.435 e. The number of rotatable bonds is 16. The van der Waals surface area contributed by atoms with Gasteiger partial charge in [-0.15, -0.1) is 0 Å². The van der Waals surface area contributed by atoms with Crippen LogP contribution in [0.1, 0.15) is 53.0 Å². The molecule has 0 aliphatic rings. The molecular weight excluding hydrogens is 593 g/mol. The predicted molar refractivity (Wildman–Crippen MR) is 163 cm³/mol. The Hall–Kier alpha value is -2.29. The molecule has 0 saturated carbocycles. The number of amides is 1. The van der Waals surface area contributed by atoms with Crippen LogP contribution in [0.25, 0.3) is 0 Å². The molecule has 0 bridgehead atoms. The molecular formula is C27H43N2O9S3+. The van der Waals surface area contributed by atoms with E-state index in [4.69, 9.17) is 19.9 Å². The molecule has 0 aromatic heterocycles. The molecule has 41 heavy (non-hydrogen) atoms. The van der Waals surface area contributed by atoms with Gasteiger partial charge in [0.25, 0.3) is 0 Å². The van der Waals surface area contributed by atoms with Gasteiger partial charge >= 0.3 is 17.4 Å². The Bertz CT molecular complexity index is 1010. The average Bonchev–Trinajstić information content (AvgIpc) is 2.86. The van der Waals surface area contributed by atoms with Gasteiger partial charge in [0, 0.05) is 29.7 Å². The van der Waals surface area contributed by atoms with E-state index in [1.807, 2.05) is 30.3 Å². The summed E-state index contributed by atoms with van der Waals surface area (Å²) in [6, 6.07) is 9.26. The van der Waals surface area contributed by atoms with Gasteiger partial charge < -0.3 is 30.0 Å². The molecule has 3 N–H and O–H groups in total. The Morgan fingerprint density at radius 1 is 1.10 bits per heavy atom. The fourth-order valence-electron chi connectivity index (χ4n) is 3.26. The number of hydrogen-bond acceptors (Lipinski definition) is 11. The lowest BCUT2D eigenvalue weighted by Gasteiger charge is -2.23. The van der Waals surface area contributed by atoms with Crippen molar-refractivity contribution >= 4 is 54.9 Å². The van der Waals surface area contributed by atoms with Gasteiger partial charge in [-0.25, -0.2) is 4.79 Å². The van der Waals surface area contributed by atoms with E-state index in [0.29, 0.717) is 24.3 Å². The van der Waals surface area contributed by atoms with Crippen LogP contribution in [0.15, 0.2) is 30.3 Å². The van der Waals surface area contributed by atoms with Gasteiger partial charge in [-0.2, -0.15) is 4.79 Å². The minimum absolute atomic E-state index is 0.103. The summed E-state index contributed by atoms with van der Waals surface area (Å²) in [5.41, 5.74) is 6.71. The zero-order valence-corrected chi connectivity index (χ0v) is 27.0. The summed E-state index contributed by atoms with van der Waals surface area (Å²) in [5, 5.41) is 1.33. The van der Waals surface area contributed by atoms with E-state index in [1.54, 1.807) is 34.0 Å². The molecule has 5 unspecified atom stereocenters. The van der Waals surface area contributed by atoms with Crippen molar-refractivity contribution in [1.29, 1.82) is 0 Å². The van der Waals surface area contributed by atoms with Crippen LogP contribution in [0.2, 0.25) is 0 Å². The third-order valence-corrected chi connectivity index (χ3v) is 10.1. The summed E-state index contributed by atoms with van der Waals surface area (Å²) in [7, 11) is -0.747. The number of hydrogen-bond donors (Lipinski definition) is 2. The van der Waals surface area contributed by atoms with Crippen molar-refractivity contribution in [2.45, 2.75) is 71.1 Å².